The average molecular weight is 385 g/mol. The van der Waals surface area contributed by atoms with Crippen LogP contribution in [0.5, 0.6) is 0 Å². The molecule has 2 aromatic heterocycles. The number of hydrogen-bond acceptors (Lipinski definition) is 5. The number of aryl methyl sites for hydroxylation is 1. The lowest BCUT2D eigenvalue weighted by Gasteiger charge is -2.27. The van der Waals surface area contributed by atoms with E-state index in [1.807, 2.05) is 25.1 Å². The molecule has 140 valence electrons. The molecule has 0 atom stereocenters. The maximum atomic E-state index is 6.19. The number of ether oxygens (including phenoxy) is 1. The minimum absolute atomic E-state index is 0.386. The predicted octanol–water partition coefficient (Wildman–Crippen LogP) is 4.69. The van der Waals surface area contributed by atoms with Crippen molar-refractivity contribution in [1.29, 1.82) is 0 Å². The van der Waals surface area contributed by atoms with E-state index in [1.54, 1.807) is 0 Å². The van der Waals surface area contributed by atoms with Crippen molar-refractivity contribution >= 4 is 11.6 Å². The highest BCUT2D eigenvalue weighted by molar-refractivity contribution is 6.30. The van der Waals surface area contributed by atoms with Crippen molar-refractivity contribution in [2.75, 3.05) is 0 Å². The van der Waals surface area contributed by atoms with Crippen molar-refractivity contribution < 1.29 is 9.26 Å². The van der Waals surface area contributed by atoms with Crippen LogP contribution >= 0.6 is 11.6 Å². The van der Waals surface area contributed by atoms with Gasteiger partial charge in [0, 0.05) is 28.5 Å². The first-order valence-corrected chi connectivity index (χ1v) is 9.81. The first kappa shape index (κ1) is 17.0. The molecule has 1 aliphatic carbocycles. The lowest BCUT2D eigenvalue weighted by molar-refractivity contribution is 0.105. The zero-order valence-corrected chi connectivity index (χ0v) is 15.9. The lowest BCUT2D eigenvalue weighted by atomic mass is 9.80. The first-order valence-electron chi connectivity index (χ1n) is 9.43. The van der Waals surface area contributed by atoms with Crippen LogP contribution in [-0.4, -0.2) is 19.9 Å². The van der Waals surface area contributed by atoms with Crippen LogP contribution in [0.4, 0.5) is 0 Å². The summed E-state index contributed by atoms with van der Waals surface area (Å²) in [5.74, 6) is 3.64. The van der Waals surface area contributed by atoms with Crippen LogP contribution < -0.4 is 0 Å². The van der Waals surface area contributed by atoms with Gasteiger partial charge in [0.1, 0.15) is 18.2 Å². The zero-order valence-electron chi connectivity index (χ0n) is 15.2. The molecule has 27 heavy (non-hydrogen) atoms. The Balaban J connectivity index is 1.43. The monoisotopic (exact) mass is 384 g/mol. The van der Waals surface area contributed by atoms with Gasteiger partial charge < -0.3 is 9.26 Å². The van der Waals surface area contributed by atoms with E-state index < -0.39 is 0 Å². The fourth-order valence-corrected chi connectivity index (χ4v) is 4.51. The summed E-state index contributed by atoms with van der Waals surface area (Å²) in [6, 6.07) is 8.00. The molecule has 1 saturated carbocycles. The normalized spacial score (nSPS) is 22.1. The summed E-state index contributed by atoms with van der Waals surface area (Å²) in [5, 5.41) is 13.9. The van der Waals surface area contributed by atoms with E-state index in [1.165, 1.54) is 0 Å². The number of nitrogens with zero attached hydrogens (tertiary/aromatic N) is 4. The molecule has 5 rings (SSSR count). The van der Waals surface area contributed by atoms with Crippen LogP contribution in [0.1, 0.15) is 66.2 Å². The molecule has 1 aliphatic heterocycles. The second kappa shape index (κ2) is 6.77. The molecule has 3 aromatic rings. The number of fused-ring (bicyclic) bond motifs is 3. The number of benzene rings is 1. The Labute approximate surface area is 162 Å². The summed E-state index contributed by atoms with van der Waals surface area (Å²) in [4.78, 5) is 0. The Morgan fingerprint density at radius 2 is 1.85 bits per heavy atom. The Kier molecular flexibility index (Phi) is 4.25. The van der Waals surface area contributed by atoms with Crippen LogP contribution in [0.3, 0.4) is 0 Å². The van der Waals surface area contributed by atoms with Gasteiger partial charge in [-0.1, -0.05) is 16.8 Å². The van der Waals surface area contributed by atoms with Gasteiger partial charge in [-0.15, -0.1) is 10.2 Å². The van der Waals surface area contributed by atoms with E-state index in [9.17, 15) is 0 Å². The standard InChI is InChI=1S/C20H21ClN4O2/c1-12-8-17(24-27-12)13-2-4-14(5-3-13)20-23-22-19-11-26-10-15-9-16(21)6-7-18(15)25(19)20/h6-9,13-14H,2-5,10-11H2,1H3/t13-,14-. The van der Waals surface area contributed by atoms with E-state index in [0.29, 0.717) is 25.0 Å². The molecule has 3 heterocycles. The fourth-order valence-electron chi connectivity index (χ4n) is 4.32. The molecule has 7 heteroatoms. The highest BCUT2D eigenvalue weighted by Crippen LogP contribution is 2.41. The molecular formula is C20H21ClN4O2. The lowest BCUT2D eigenvalue weighted by Crippen LogP contribution is -2.17. The van der Waals surface area contributed by atoms with E-state index in [-0.39, 0.29) is 0 Å². The highest BCUT2D eigenvalue weighted by Gasteiger charge is 2.30. The van der Waals surface area contributed by atoms with Crippen molar-refractivity contribution in [3.8, 4) is 5.69 Å². The Morgan fingerprint density at radius 3 is 2.63 bits per heavy atom. The quantitative estimate of drug-likeness (QED) is 0.641. The van der Waals surface area contributed by atoms with Crippen LogP contribution in [0.15, 0.2) is 28.8 Å². The number of halogens is 1. The number of hydrogen-bond donors (Lipinski definition) is 0. The van der Waals surface area contributed by atoms with Gasteiger partial charge in [-0.25, -0.2) is 0 Å². The van der Waals surface area contributed by atoms with Gasteiger partial charge in [-0.2, -0.15) is 0 Å². The summed E-state index contributed by atoms with van der Waals surface area (Å²) < 4.78 is 13.2. The highest BCUT2D eigenvalue weighted by atomic mass is 35.5. The molecule has 1 aromatic carbocycles. The third-order valence-electron chi connectivity index (χ3n) is 5.68. The van der Waals surface area contributed by atoms with Gasteiger partial charge in [-0.05, 0) is 50.8 Å². The van der Waals surface area contributed by atoms with Crippen molar-refractivity contribution in [2.45, 2.75) is 57.7 Å². The maximum Gasteiger partial charge on any atom is 0.163 e. The summed E-state index contributed by atoms with van der Waals surface area (Å²) in [6.45, 7) is 2.95. The number of aromatic nitrogens is 4. The molecule has 0 saturated heterocycles. The first-order chi connectivity index (χ1) is 13.2. The van der Waals surface area contributed by atoms with Gasteiger partial charge in [0.25, 0.3) is 0 Å². The minimum Gasteiger partial charge on any atom is -0.369 e. The van der Waals surface area contributed by atoms with Gasteiger partial charge in [0.05, 0.1) is 18.0 Å². The van der Waals surface area contributed by atoms with Crippen molar-refractivity contribution in [3.05, 3.63) is 58.0 Å². The van der Waals surface area contributed by atoms with E-state index in [2.05, 4.69) is 26.0 Å². The topological polar surface area (TPSA) is 66.0 Å². The molecule has 0 spiro atoms. The van der Waals surface area contributed by atoms with Gasteiger partial charge >= 0.3 is 0 Å². The Hall–Kier alpha value is -2.18. The summed E-state index contributed by atoms with van der Waals surface area (Å²) >= 11 is 6.19. The Morgan fingerprint density at radius 1 is 1.04 bits per heavy atom. The molecule has 1 fully saturated rings. The molecule has 0 radical (unpaired) electrons. The molecule has 2 aliphatic rings. The molecule has 0 unspecified atom stereocenters. The molecule has 0 N–H and O–H groups in total. The van der Waals surface area contributed by atoms with Gasteiger partial charge in [0.15, 0.2) is 5.82 Å². The summed E-state index contributed by atoms with van der Waals surface area (Å²) in [7, 11) is 0. The molecule has 0 bridgehead atoms. The largest absolute Gasteiger partial charge is 0.369 e. The van der Waals surface area contributed by atoms with Gasteiger partial charge in [-0.3, -0.25) is 4.57 Å². The van der Waals surface area contributed by atoms with Crippen molar-refractivity contribution in [3.63, 3.8) is 0 Å². The predicted molar refractivity (Wildman–Crippen MR) is 100 cm³/mol. The fraction of sp³-hybridized carbons (Fsp3) is 0.450. The van der Waals surface area contributed by atoms with Crippen LogP contribution in [-0.2, 0) is 18.0 Å². The van der Waals surface area contributed by atoms with Gasteiger partial charge in [0.2, 0.25) is 0 Å². The summed E-state index contributed by atoms with van der Waals surface area (Å²) in [6.07, 6.45) is 4.31. The third-order valence-corrected chi connectivity index (χ3v) is 5.92. The SMILES string of the molecule is Cc1cc([C@H]2CC[C@H](c3nnc4n3-c3ccc(Cl)cc3COC4)CC2)no1. The van der Waals surface area contributed by atoms with E-state index >= 15 is 0 Å². The van der Waals surface area contributed by atoms with E-state index in [0.717, 1.165) is 65.1 Å². The maximum absolute atomic E-state index is 6.19. The second-order valence-corrected chi connectivity index (χ2v) is 7.92. The van der Waals surface area contributed by atoms with Crippen LogP contribution in [0, 0.1) is 6.92 Å². The molecular weight excluding hydrogens is 364 g/mol. The van der Waals surface area contributed by atoms with Crippen molar-refractivity contribution in [1.82, 2.24) is 19.9 Å². The van der Waals surface area contributed by atoms with E-state index in [4.69, 9.17) is 20.9 Å². The summed E-state index contributed by atoms with van der Waals surface area (Å²) in [5.41, 5.74) is 3.25. The Bertz CT molecular complexity index is 972. The smallest absolute Gasteiger partial charge is 0.163 e. The molecule has 0 amide bonds. The van der Waals surface area contributed by atoms with Crippen LogP contribution in [0.2, 0.25) is 5.02 Å². The van der Waals surface area contributed by atoms with Crippen LogP contribution in [0.25, 0.3) is 5.69 Å². The van der Waals surface area contributed by atoms with Crippen molar-refractivity contribution in [2.24, 2.45) is 0 Å². The third kappa shape index (κ3) is 3.07. The zero-order chi connectivity index (χ0) is 18.4. The minimum atomic E-state index is 0.386. The second-order valence-electron chi connectivity index (χ2n) is 7.49. The number of rotatable bonds is 2. The average Bonchev–Trinajstić information content (AvgIpc) is 3.25. The molecule has 6 nitrogen and oxygen atoms in total.